The average Bonchev–Trinajstić information content (AvgIpc) is 2.58. The van der Waals surface area contributed by atoms with Crippen LogP contribution in [0.5, 0.6) is 0 Å². The first-order valence-electron chi connectivity index (χ1n) is 10.7. The second-order valence-electron chi connectivity index (χ2n) is 9.76. The summed E-state index contributed by atoms with van der Waals surface area (Å²) in [7, 11) is 0. The Labute approximate surface area is 204 Å². The maximum Gasteiger partial charge on any atom is 0.320 e. The topological polar surface area (TPSA) is 99.0 Å². The van der Waals surface area contributed by atoms with Gasteiger partial charge in [0.2, 0.25) is 0 Å². The summed E-state index contributed by atoms with van der Waals surface area (Å²) in [5.41, 5.74) is -0.0641. The van der Waals surface area contributed by atoms with Gasteiger partial charge in [0.05, 0.1) is 18.0 Å². The quantitative estimate of drug-likeness (QED) is 0.127. The first-order chi connectivity index (χ1) is 14.6. The van der Waals surface area contributed by atoms with Gasteiger partial charge in [0.15, 0.2) is 0 Å². The van der Waals surface area contributed by atoms with Crippen LogP contribution < -0.4 is 0 Å². The molecule has 0 aromatic heterocycles. The van der Waals surface area contributed by atoms with E-state index in [4.69, 9.17) is 9.47 Å². The third-order valence-electron chi connectivity index (χ3n) is 4.13. The molecular weight excluding hydrogens is 527 g/mol. The molecule has 0 aliphatic heterocycles. The Morgan fingerprint density at radius 2 is 1.47 bits per heavy atom. The normalized spacial score (nSPS) is 13.0. The van der Waals surface area contributed by atoms with Crippen molar-refractivity contribution in [1.29, 1.82) is 0 Å². The van der Waals surface area contributed by atoms with Crippen LogP contribution in [0.15, 0.2) is 24.3 Å². The molecule has 1 rings (SSSR count). The number of nitro groups is 1. The molecule has 8 nitrogen and oxygen atoms in total. The predicted octanol–water partition coefficient (Wildman–Crippen LogP) is 4.71. The number of halogens is 1. The molecule has 0 spiro atoms. The molecule has 180 valence electrons. The molecule has 1 aromatic rings. The number of esters is 2. The molecule has 32 heavy (non-hydrogen) atoms. The van der Waals surface area contributed by atoms with Crippen molar-refractivity contribution in [2.45, 2.75) is 75.9 Å². The van der Waals surface area contributed by atoms with E-state index in [1.165, 1.54) is 12.1 Å². The summed E-state index contributed by atoms with van der Waals surface area (Å²) in [5, 5.41) is 10.8. The molecule has 0 N–H and O–H groups in total. The number of non-ortho nitro benzene ring substituents is 1. The van der Waals surface area contributed by atoms with Gasteiger partial charge in [0.1, 0.15) is 11.2 Å². The lowest BCUT2D eigenvalue weighted by Gasteiger charge is -2.27. The fraction of sp³-hybridized carbons (Fsp3) is 0.652. The minimum absolute atomic E-state index is 0.0123. The van der Waals surface area contributed by atoms with Crippen molar-refractivity contribution in [3.8, 4) is 0 Å². The minimum Gasteiger partial charge on any atom is -0.459 e. The van der Waals surface area contributed by atoms with Gasteiger partial charge in [-0.2, -0.15) is 0 Å². The fourth-order valence-electron chi connectivity index (χ4n) is 2.98. The van der Waals surface area contributed by atoms with Gasteiger partial charge >= 0.3 is 11.9 Å². The number of hydrogen-bond donors (Lipinski definition) is 0. The summed E-state index contributed by atoms with van der Waals surface area (Å²) < 4.78 is 11.0. The van der Waals surface area contributed by atoms with Gasteiger partial charge in [0.25, 0.3) is 5.69 Å². The average molecular weight is 562 g/mol. The Bertz CT molecular complexity index is 738. The van der Waals surface area contributed by atoms with E-state index < -0.39 is 16.1 Å². The number of carbonyl (C=O) groups excluding carboxylic acids is 2. The SMILES string of the molecule is CC(C)(C)OC(=O)CN(CC(=O)OC(C)(C)C)CC(I)CCCc1ccc([N+](=O)[O-])cc1. The Balaban J connectivity index is 2.63. The Kier molecular flexibility index (Phi) is 11.0. The summed E-state index contributed by atoms with van der Waals surface area (Å²) in [5.74, 6) is -0.758. The highest BCUT2D eigenvalue weighted by atomic mass is 127. The van der Waals surface area contributed by atoms with Crippen LogP contribution in [0.1, 0.15) is 59.9 Å². The number of aryl methyl sites for hydroxylation is 1. The van der Waals surface area contributed by atoms with Gasteiger partial charge in [-0.15, -0.1) is 0 Å². The van der Waals surface area contributed by atoms with E-state index in [1.807, 2.05) is 41.5 Å². The van der Waals surface area contributed by atoms with Crippen LogP contribution in [0, 0.1) is 10.1 Å². The zero-order valence-corrected chi connectivity index (χ0v) is 22.0. The molecule has 0 saturated carbocycles. The molecule has 0 aliphatic rings. The van der Waals surface area contributed by atoms with E-state index >= 15 is 0 Å². The van der Waals surface area contributed by atoms with Gasteiger partial charge in [-0.1, -0.05) is 34.7 Å². The summed E-state index contributed by atoms with van der Waals surface area (Å²) in [6.07, 6.45) is 2.56. The van der Waals surface area contributed by atoms with Gasteiger partial charge in [-0.05, 0) is 66.4 Å². The Morgan fingerprint density at radius 1 is 1.00 bits per heavy atom. The molecule has 0 bridgehead atoms. The van der Waals surface area contributed by atoms with Crippen molar-refractivity contribution >= 4 is 40.2 Å². The molecule has 0 saturated heterocycles. The second-order valence-corrected chi connectivity index (χ2v) is 11.5. The summed E-state index contributed by atoms with van der Waals surface area (Å²) in [4.78, 5) is 36.8. The fourth-order valence-corrected chi connectivity index (χ4v) is 3.98. The molecule has 1 aromatic carbocycles. The lowest BCUT2D eigenvalue weighted by atomic mass is 10.1. The van der Waals surface area contributed by atoms with Gasteiger partial charge in [0, 0.05) is 22.6 Å². The van der Waals surface area contributed by atoms with Crippen molar-refractivity contribution in [1.82, 2.24) is 4.90 Å². The lowest BCUT2D eigenvalue weighted by Crippen LogP contribution is -2.42. The highest BCUT2D eigenvalue weighted by molar-refractivity contribution is 14.1. The van der Waals surface area contributed by atoms with E-state index in [2.05, 4.69) is 22.6 Å². The Hall–Kier alpha value is -1.75. The number of carbonyl (C=O) groups is 2. The number of nitro benzene ring substituents is 1. The van der Waals surface area contributed by atoms with Crippen LogP contribution in [-0.2, 0) is 25.5 Å². The molecule has 0 heterocycles. The molecular formula is C23H35IN2O6. The van der Waals surface area contributed by atoms with Gasteiger partial charge < -0.3 is 9.47 Å². The van der Waals surface area contributed by atoms with Crippen molar-refractivity contribution in [3.05, 3.63) is 39.9 Å². The molecule has 0 aliphatic carbocycles. The van der Waals surface area contributed by atoms with E-state index in [1.54, 1.807) is 17.0 Å². The zero-order valence-electron chi connectivity index (χ0n) is 19.9. The van der Waals surface area contributed by atoms with Gasteiger partial charge in [-0.3, -0.25) is 24.6 Å². The number of alkyl halides is 1. The van der Waals surface area contributed by atoms with E-state index in [0.29, 0.717) is 6.54 Å². The third-order valence-corrected chi connectivity index (χ3v) is 5.15. The monoisotopic (exact) mass is 562 g/mol. The van der Waals surface area contributed by atoms with Crippen LogP contribution in [0.4, 0.5) is 5.69 Å². The van der Waals surface area contributed by atoms with Crippen molar-refractivity contribution in [2.24, 2.45) is 0 Å². The largest absolute Gasteiger partial charge is 0.459 e. The Morgan fingerprint density at radius 3 is 1.88 bits per heavy atom. The zero-order chi connectivity index (χ0) is 24.5. The predicted molar refractivity (Wildman–Crippen MR) is 132 cm³/mol. The molecule has 9 heteroatoms. The molecule has 1 unspecified atom stereocenters. The number of nitrogens with zero attached hydrogens (tertiary/aromatic N) is 2. The second kappa shape index (κ2) is 12.5. The smallest absolute Gasteiger partial charge is 0.320 e. The van der Waals surface area contributed by atoms with Crippen molar-refractivity contribution in [2.75, 3.05) is 19.6 Å². The molecule has 0 radical (unpaired) electrons. The summed E-state index contributed by atoms with van der Waals surface area (Å²) in [6, 6.07) is 6.58. The number of rotatable bonds is 11. The summed E-state index contributed by atoms with van der Waals surface area (Å²) >= 11 is 2.33. The van der Waals surface area contributed by atoms with Crippen LogP contribution in [-0.4, -0.2) is 56.5 Å². The van der Waals surface area contributed by atoms with E-state index in [-0.39, 0.29) is 34.6 Å². The molecule has 0 fully saturated rings. The first-order valence-corrected chi connectivity index (χ1v) is 11.9. The van der Waals surface area contributed by atoms with Crippen molar-refractivity contribution in [3.63, 3.8) is 0 Å². The molecule has 0 amide bonds. The van der Waals surface area contributed by atoms with Crippen molar-refractivity contribution < 1.29 is 24.0 Å². The van der Waals surface area contributed by atoms with Gasteiger partial charge in [-0.25, -0.2) is 0 Å². The highest BCUT2D eigenvalue weighted by Crippen LogP contribution is 2.17. The standard InChI is InChI=1S/C23H35IN2O6/c1-22(2,3)31-20(27)15-25(16-21(28)32-23(4,5)6)14-18(24)9-7-8-17-10-12-19(13-11-17)26(29)30/h10-13,18H,7-9,14-16H2,1-6H3. The maximum absolute atomic E-state index is 12.3. The first kappa shape index (κ1) is 28.3. The van der Waals surface area contributed by atoms with E-state index in [0.717, 1.165) is 24.8 Å². The maximum atomic E-state index is 12.3. The third kappa shape index (κ3) is 12.9. The highest BCUT2D eigenvalue weighted by Gasteiger charge is 2.24. The van der Waals surface area contributed by atoms with Crippen LogP contribution in [0.25, 0.3) is 0 Å². The van der Waals surface area contributed by atoms with E-state index in [9.17, 15) is 19.7 Å². The number of benzene rings is 1. The van der Waals surface area contributed by atoms with Crippen LogP contribution in [0.2, 0.25) is 0 Å². The lowest BCUT2D eigenvalue weighted by molar-refractivity contribution is -0.384. The number of ether oxygens (including phenoxy) is 2. The van der Waals surface area contributed by atoms with Crippen LogP contribution >= 0.6 is 22.6 Å². The molecule has 1 atom stereocenters. The number of hydrogen-bond acceptors (Lipinski definition) is 7. The van der Waals surface area contributed by atoms with Crippen LogP contribution in [0.3, 0.4) is 0 Å². The summed E-state index contributed by atoms with van der Waals surface area (Å²) in [6.45, 7) is 11.4. The minimum atomic E-state index is -0.594.